The molecule has 80 valence electrons. The van der Waals surface area contributed by atoms with Crippen LogP contribution >= 0.6 is 0 Å². The van der Waals surface area contributed by atoms with Gasteiger partial charge in [0.25, 0.3) is 0 Å². The summed E-state index contributed by atoms with van der Waals surface area (Å²) in [5, 5.41) is 3.61. The van der Waals surface area contributed by atoms with Crippen molar-refractivity contribution in [2.75, 3.05) is 7.05 Å². The molecule has 0 bridgehead atoms. The summed E-state index contributed by atoms with van der Waals surface area (Å²) < 4.78 is 24.2. The summed E-state index contributed by atoms with van der Waals surface area (Å²) in [5.41, 5.74) is -0.280. The van der Waals surface area contributed by atoms with Gasteiger partial charge in [0.15, 0.2) is 0 Å². The Labute approximate surface area is 83.8 Å². The van der Waals surface area contributed by atoms with Crippen LogP contribution < -0.4 is 5.32 Å². The molecule has 1 amide bonds. The molecule has 14 heavy (non-hydrogen) atoms. The van der Waals surface area contributed by atoms with E-state index in [2.05, 4.69) is 5.32 Å². The van der Waals surface area contributed by atoms with Crippen LogP contribution in [0.1, 0.15) is 20.8 Å². The van der Waals surface area contributed by atoms with Gasteiger partial charge < -0.3 is 5.32 Å². The average molecular weight is 218 g/mol. The van der Waals surface area contributed by atoms with Gasteiger partial charge >= 0.3 is 0 Å². The van der Waals surface area contributed by atoms with Crippen molar-refractivity contribution in [3.63, 3.8) is 0 Å². The molecule has 0 spiro atoms. The van der Waals surface area contributed by atoms with Crippen LogP contribution in [-0.4, -0.2) is 31.2 Å². The van der Waals surface area contributed by atoms with Crippen LogP contribution in [0.3, 0.4) is 0 Å². The summed E-state index contributed by atoms with van der Waals surface area (Å²) in [6, 6.07) is 0. The zero-order valence-corrected chi connectivity index (χ0v) is 9.47. The summed E-state index contributed by atoms with van der Waals surface area (Å²) in [7, 11) is -1.88. The molecule has 0 fully saturated rings. The Bertz CT molecular complexity index is 395. The number of nitrogens with one attached hydrogen (secondary N) is 1. The van der Waals surface area contributed by atoms with Gasteiger partial charge in [0.05, 0.1) is 16.6 Å². The molecule has 0 atom stereocenters. The molecule has 6 heteroatoms. The highest BCUT2D eigenvalue weighted by molar-refractivity contribution is 7.92. The Balaban J connectivity index is 3.13. The quantitative estimate of drug-likeness (QED) is 0.674. The van der Waals surface area contributed by atoms with E-state index in [4.69, 9.17) is 0 Å². The number of sulfonamides is 1. The molecule has 0 radical (unpaired) electrons. The zero-order chi connectivity index (χ0) is 11.1. The first-order valence-electron chi connectivity index (χ1n) is 4.17. The fourth-order valence-corrected chi connectivity index (χ4v) is 2.77. The highest BCUT2D eigenvalue weighted by Gasteiger charge is 2.42. The fraction of sp³-hybridized carbons (Fsp3) is 0.625. The zero-order valence-electron chi connectivity index (χ0n) is 8.66. The van der Waals surface area contributed by atoms with Crippen molar-refractivity contribution in [2.45, 2.75) is 26.3 Å². The Morgan fingerprint density at radius 1 is 1.50 bits per heavy atom. The Morgan fingerprint density at radius 2 is 2.00 bits per heavy atom. The second kappa shape index (κ2) is 3.06. The van der Waals surface area contributed by atoms with Crippen molar-refractivity contribution in [1.29, 1.82) is 0 Å². The summed E-state index contributed by atoms with van der Waals surface area (Å²) in [6.45, 7) is 4.82. The number of amides is 1. The molecule has 1 N–H and O–H groups in total. The van der Waals surface area contributed by atoms with Crippen molar-refractivity contribution in [2.24, 2.45) is 0 Å². The first kappa shape index (κ1) is 11.2. The van der Waals surface area contributed by atoms with Gasteiger partial charge in [-0.05, 0) is 13.8 Å². The number of carbonyl (C=O) groups excluding carboxylic acids is 1. The lowest BCUT2D eigenvalue weighted by molar-refractivity contribution is -0.118. The van der Waals surface area contributed by atoms with E-state index in [1.165, 1.54) is 18.3 Å². The SMILES string of the molecule is CC(=O)NC1=CS(=O)(=O)N(C)C1(C)C. The minimum atomic E-state index is -3.37. The maximum absolute atomic E-state index is 11.5. The van der Waals surface area contributed by atoms with Crippen LogP contribution in [0.5, 0.6) is 0 Å². The summed E-state index contributed by atoms with van der Waals surface area (Å²) >= 11 is 0. The third-order valence-electron chi connectivity index (χ3n) is 2.41. The van der Waals surface area contributed by atoms with Crippen LogP contribution in [-0.2, 0) is 14.8 Å². The van der Waals surface area contributed by atoms with E-state index in [0.29, 0.717) is 5.70 Å². The van der Waals surface area contributed by atoms with Gasteiger partial charge in [-0.3, -0.25) is 4.79 Å². The van der Waals surface area contributed by atoms with Gasteiger partial charge in [-0.1, -0.05) is 0 Å². The highest BCUT2D eigenvalue weighted by Crippen LogP contribution is 2.31. The Kier molecular flexibility index (Phi) is 2.45. The molecule has 1 rings (SSSR count). The Morgan fingerprint density at radius 3 is 2.29 bits per heavy atom. The highest BCUT2D eigenvalue weighted by atomic mass is 32.2. The van der Waals surface area contributed by atoms with E-state index in [-0.39, 0.29) is 5.91 Å². The van der Waals surface area contributed by atoms with Crippen molar-refractivity contribution < 1.29 is 13.2 Å². The molecule has 5 nitrogen and oxygen atoms in total. The molecule has 0 unspecified atom stereocenters. The van der Waals surface area contributed by atoms with Crippen LogP contribution in [0.15, 0.2) is 11.1 Å². The fourth-order valence-electron chi connectivity index (χ4n) is 1.23. The molecule has 0 saturated carbocycles. The van der Waals surface area contributed by atoms with Crippen LogP contribution in [0.2, 0.25) is 0 Å². The first-order valence-corrected chi connectivity index (χ1v) is 5.67. The molecule has 0 aromatic rings. The van der Waals surface area contributed by atoms with E-state index in [9.17, 15) is 13.2 Å². The average Bonchev–Trinajstić information content (AvgIpc) is 2.12. The van der Waals surface area contributed by atoms with Gasteiger partial charge in [-0.2, -0.15) is 4.31 Å². The van der Waals surface area contributed by atoms with Crippen molar-refractivity contribution >= 4 is 15.9 Å². The van der Waals surface area contributed by atoms with Crippen molar-refractivity contribution in [3.8, 4) is 0 Å². The molecule has 1 aliphatic rings. The molecule has 0 saturated heterocycles. The van der Waals surface area contributed by atoms with Gasteiger partial charge in [0.1, 0.15) is 0 Å². The normalized spacial score (nSPS) is 24.4. The lowest BCUT2D eigenvalue weighted by Gasteiger charge is -2.29. The van der Waals surface area contributed by atoms with Crippen molar-refractivity contribution in [1.82, 2.24) is 9.62 Å². The smallest absolute Gasteiger partial charge is 0.238 e. The van der Waals surface area contributed by atoms with Gasteiger partial charge in [-0.25, -0.2) is 8.42 Å². The van der Waals surface area contributed by atoms with Gasteiger partial charge in [-0.15, -0.1) is 0 Å². The third-order valence-corrected chi connectivity index (χ3v) is 4.16. The minimum absolute atomic E-state index is 0.269. The molecular formula is C8H14N2O3S. The molecule has 0 aliphatic carbocycles. The number of hydrogen-bond donors (Lipinski definition) is 1. The second-order valence-corrected chi connectivity index (χ2v) is 5.60. The molecular weight excluding hydrogens is 204 g/mol. The predicted molar refractivity (Wildman–Crippen MR) is 52.7 cm³/mol. The van der Waals surface area contributed by atoms with Gasteiger partial charge in [0.2, 0.25) is 15.9 Å². The summed E-state index contributed by atoms with van der Waals surface area (Å²) in [4.78, 5) is 10.8. The molecule has 1 heterocycles. The second-order valence-electron chi connectivity index (χ2n) is 3.78. The number of rotatable bonds is 1. The minimum Gasteiger partial charge on any atom is -0.327 e. The van der Waals surface area contributed by atoms with Crippen molar-refractivity contribution in [3.05, 3.63) is 11.1 Å². The molecule has 1 aliphatic heterocycles. The lowest BCUT2D eigenvalue weighted by atomic mass is 10.0. The third kappa shape index (κ3) is 1.67. The monoisotopic (exact) mass is 218 g/mol. The topological polar surface area (TPSA) is 66.5 Å². The van der Waals surface area contributed by atoms with E-state index in [1.807, 2.05) is 0 Å². The first-order chi connectivity index (χ1) is 6.18. The van der Waals surface area contributed by atoms with Crippen LogP contribution in [0.4, 0.5) is 0 Å². The maximum Gasteiger partial charge on any atom is 0.238 e. The number of carbonyl (C=O) groups is 1. The number of likely N-dealkylation sites (N-methyl/N-ethyl adjacent to an activating group) is 1. The van der Waals surface area contributed by atoms with Gasteiger partial charge in [0, 0.05) is 14.0 Å². The van der Waals surface area contributed by atoms with Crippen LogP contribution in [0.25, 0.3) is 0 Å². The van der Waals surface area contributed by atoms with E-state index < -0.39 is 15.6 Å². The lowest BCUT2D eigenvalue weighted by Crippen LogP contribution is -2.44. The molecule has 0 aromatic carbocycles. The number of nitrogens with zero attached hydrogens (tertiary/aromatic N) is 1. The van der Waals surface area contributed by atoms with E-state index >= 15 is 0 Å². The summed E-state index contributed by atoms with van der Waals surface area (Å²) in [5.74, 6) is -0.269. The van der Waals surface area contributed by atoms with Crippen LogP contribution in [0, 0.1) is 0 Å². The Hall–Kier alpha value is -0.880. The number of hydrogen-bond acceptors (Lipinski definition) is 3. The predicted octanol–water partition coefficient (Wildman–Crippen LogP) is 0.0177. The van der Waals surface area contributed by atoms with E-state index in [1.54, 1.807) is 13.8 Å². The standard InChI is InChI=1S/C8H14N2O3S/c1-6(11)9-7-5-14(12,13)10(4)8(7,2)3/h5H,1-4H3,(H,9,11). The largest absolute Gasteiger partial charge is 0.327 e. The summed E-state index contributed by atoms with van der Waals surface area (Å²) in [6.07, 6.45) is 0. The maximum atomic E-state index is 11.5. The molecule has 0 aromatic heterocycles. The van der Waals surface area contributed by atoms with E-state index in [0.717, 1.165) is 5.41 Å².